The molecule has 4 heteroatoms. The lowest BCUT2D eigenvalue weighted by atomic mass is 10.3. The van der Waals surface area contributed by atoms with Gasteiger partial charge in [0.25, 0.3) is 5.19 Å². The Bertz CT molecular complexity index is 212. The van der Waals surface area contributed by atoms with Crippen LogP contribution < -0.4 is 4.74 Å². The highest BCUT2D eigenvalue weighted by Gasteiger charge is 1.99. The molecule has 0 fully saturated rings. The third-order valence-electron chi connectivity index (χ3n) is 1.29. The summed E-state index contributed by atoms with van der Waals surface area (Å²) < 4.78 is 4.92. The first-order chi connectivity index (χ1) is 5.36. The summed E-state index contributed by atoms with van der Waals surface area (Å²) in [7, 11) is 1.61. The molecule has 0 aliphatic heterocycles. The average molecular weight is 173 g/mol. The van der Waals surface area contributed by atoms with Gasteiger partial charge >= 0.3 is 0 Å². The van der Waals surface area contributed by atoms with Gasteiger partial charge < -0.3 is 9.84 Å². The van der Waals surface area contributed by atoms with Crippen LogP contribution in [0.25, 0.3) is 0 Å². The maximum absolute atomic E-state index is 8.54. The zero-order valence-corrected chi connectivity index (χ0v) is 7.23. The van der Waals surface area contributed by atoms with Crippen LogP contribution in [0.1, 0.15) is 11.3 Å². The number of nitrogens with zero attached hydrogens (tertiary/aromatic N) is 1. The highest BCUT2D eigenvalue weighted by Crippen LogP contribution is 2.20. The third-order valence-corrected chi connectivity index (χ3v) is 2.31. The second-order valence-electron chi connectivity index (χ2n) is 2.12. The van der Waals surface area contributed by atoms with E-state index in [1.165, 1.54) is 11.3 Å². The van der Waals surface area contributed by atoms with Gasteiger partial charge in [-0.05, 0) is 12.8 Å². The fraction of sp³-hybridized carbons (Fsp3) is 0.571. The molecular weight excluding hydrogens is 162 g/mol. The van der Waals surface area contributed by atoms with Crippen LogP contribution in [0.4, 0.5) is 0 Å². The van der Waals surface area contributed by atoms with Crippen molar-refractivity contribution in [2.24, 2.45) is 0 Å². The number of aliphatic hydroxyl groups excluding tert-OH is 1. The Hall–Kier alpha value is -0.610. The second kappa shape index (κ2) is 4.31. The van der Waals surface area contributed by atoms with E-state index in [9.17, 15) is 0 Å². The van der Waals surface area contributed by atoms with E-state index >= 15 is 0 Å². The lowest BCUT2D eigenvalue weighted by Crippen LogP contribution is -1.84. The minimum absolute atomic E-state index is 0.236. The highest BCUT2D eigenvalue weighted by molar-refractivity contribution is 7.13. The molecular formula is C7H11NO2S. The summed E-state index contributed by atoms with van der Waals surface area (Å²) in [4.78, 5) is 5.17. The van der Waals surface area contributed by atoms with Gasteiger partial charge in [0.1, 0.15) is 0 Å². The molecule has 0 aromatic carbocycles. The van der Waals surface area contributed by atoms with Crippen LogP contribution in [0.3, 0.4) is 0 Å². The van der Waals surface area contributed by atoms with Crippen molar-refractivity contribution in [3.8, 4) is 5.19 Å². The topological polar surface area (TPSA) is 42.4 Å². The number of hydrogen-bond donors (Lipinski definition) is 1. The zero-order chi connectivity index (χ0) is 8.10. The fourth-order valence-corrected chi connectivity index (χ4v) is 1.52. The summed E-state index contributed by atoms with van der Waals surface area (Å²) in [6.07, 6.45) is 3.47. The number of hydrogen-bond acceptors (Lipinski definition) is 4. The van der Waals surface area contributed by atoms with Crippen LogP contribution >= 0.6 is 11.3 Å². The Morgan fingerprint density at radius 1 is 1.73 bits per heavy atom. The summed E-state index contributed by atoms with van der Waals surface area (Å²) in [6, 6.07) is 0. The van der Waals surface area contributed by atoms with Gasteiger partial charge in [0.05, 0.1) is 7.11 Å². The Morgan fingerprint density at radius 2 is 2.55 bits per heavy atom. The monoisotopic (exact) mass is 173 g/mol. The molecule has 0 saturated carbocycles. The smallest absolute Gasteiger partial charge is 0.273 e. The van der Waals surface area contributed by atoms with Gasteiger partial charge in [0, 0.05) is 17.7 Å². The molecule has 0 atom stereocenters. The van der Waals surface area contributed by atoms with Gasteiger partial charge in [-0.25, -0.2) is 4.98 Å². The Kier molecular flexibility index (Phi) is 3.32. The predicted molar refractivity (Wildman–Crippen MR) is 44.1 cm³/mol. The van der Waals surface area contributed by atoms with Crippen molar-refractivity contribution in [1.29, 1.82) is 0 Å². The molecule has 1 heterocycles. The fourth-order valence-electron chi connectivity index (χ4n) is 0.753. The van der Waals surface area contributed by atoms with Crippen LogP contribution in [0.5, 0.6) is 5.19 Å². The van der Waals surface area contributed by atoms with Crippen molar-refractivity contribution in [1.82, 2.24) is 4.98 Å². The molecule has 62 valence electrons. The molecule has 1 aromatic rings. The highest BCUT2D eigenvalue weighted by atomic mass is 32.1. The SMILES string of the molecule is COc1ncc(CCCO)s1. The first-order valence-corrected chi connectivity index (χ1v) is 4.28. The minimum atomic E-state index is 0.236. The second-order valence-corrected chi connectivity index (χ2v) is 3.20. The van der Waals surface area contributed by atoms with E-state index in [4.69, 9.17) is 9.84 Å². The first-order valence-electron chi connectivity index (χ1n) is 3.46. The number of ether oxygens (including phenoxy) is 1. The van der Waals surface area contributed by atoms with E-state index in [1.54, 1.807) is 13.3 Å². The molecule has 1 aromatic heterocycles. The van der Waals surface area contributed by atoms with Crippen LogP contribution in [0.15, 0.2) is 6.20 Å². The minimum Gasteiger partial charge on any atom is -0.473 e. The maximum Gasteiger partial charge on any atom is 0.273 e. The molecule has 0 spiro atoms. The van der Waals surface area contributed by atoms with Crippen molar-refractivity contribution in [2.45, 2.75) is 12.8 Å². The summed E-state index contributed by atoms with van der Waals surface area (Å²) in [5.74, 6) is 0. The lowest BCUT2D eigenvalue weighted by molar-refractivity contribution is 0.289. The molecule has 0 saturated heterocycles. The summed E-state index contributed by atoms with van der Waals surface area (Å²) in [6.45, 7) is 0.236. The van der Waals surface area contributed by atoms with Crippen molar-refractivity contribution >= 4 is 11.3 Å². The number of aromatic nitrogens is 1. The van der Waals surface area contributed by atoms with Gasteiger partial charge in [-0.15, -0.1) is 0 Å². The molecule has 1 rings (SSSR count). The standard InChI is InChI=1S/C7H11NO2S/c1-10-7-8-5-6(11-7)3-2-4-9/h5,9H,2-4H2,1H3. The molecule has 3 nitrogen and oxygen atoms in total. The number of rotatable bonds is 4. The summed E-state index contributed by atoms with van der Waals surface area (Å²) >= 11 is 1.53. The molecule has 0 bridgehead atoms. The van der Waals surface area contributed by atoms with E-state index in [0.29, 0.717) is 5.19 Å². The first kappa shape index (κ1) is 8.49. The number of aryl methyl sites for hydroxylation is 1. The van der Waals surface area contributed by atoms with Gasteiger partial charge in [0.15, 0.2) is 0 Å². The largest absolute Gasteiger partial charge is 0.473 e. The van der Waals surface area contributed by atoms with E-state index < -0.39 is 0 Å². The summed E-state index contributed by atoms with van der Waals surface area (Å²) in [5, 5.41) is 9.24. The molecule has 1 N–H and O–H groups in total. The van der Waals surface area contributed by atoms with Gasteiger partial charge in [-0.1, -0.05) is 11.3 Å². The molecule has 0 radical (unpaired) electrons. The Labute approximate surface area is 69.7 Å². The van der Waals surface area contributed by atoms with E-state index in [0.717, 1.165) is 17.7 Å². The normalized spacial score (nSPS) is 10.0. The van der Waals surface area contributed by atoms with Crippen molar-refractivity contribution in [3.05, 3.63) is 11.1 Å². The summed E-state index contributed by atoms with van der Waals surface area (Å²) in [5.41, 5.74) is 0. The van der Waals surface area contributed by atoms with Crippen molar-refractivity contribution in [2.75, 3.05) is 13.7 Å². The van der Waals surface area contributed by atoms with E-state index in [-0.39, 0.29) is 6.61 Å². The predicted octanol–water partition coefficient (Wildman–Crippen LogP) is 1.08. The number of thiazole rings is 1. The quantitative estimate of drug-likeness (QED) is 0.740. The van der Waals surface area contributed by atoms with Gasteiger partial charge in [-0.3, -0.25) is 0 Å². The molecule has 11 heavy (non-hydrogen) atoms. The average Bonchev–Trinajstić information content (AvgIpc) is 2.48. The van der Waals surface area contributed by atoms with E-state index in [2.05, 4.69) is 4.98 Å². The van der Waals surface area contributed by atoms with Gasteiger partial charge in [-0.2, -0.15) is 0 Å². The molecule has 0 amide bonds. The maximum atomic E-state index is 8.54. The van der Waals surface area contributed by atoms with Crippen LogP contribution in [-0.2, 0) is 6.42 Å². The number of aliphatic hydroxyl groups is 1. The lowest BCUT2D eigenvalue weighted by Gasteiger charge is -1.90. The van der Waals surface area contributed by atoms with E-state index in [1.807, 2.05) is 0 Å². The van der Waals surface area contributed by atoms with Crippen LogP contribution in [0.2, 0.25) is 0 Å². The molecule has 0 aliphatic carbocycles. The van der Waals surface area contributed by atoms with Crippen molar-refractivity contribution in [3.63, 3.8) is 0 Å². The third kappa shape index (κ3) is 2.48. The molecule has 0 aliphatic rings. The Morgan fingerprint density at radius 3 is 3.09 bits per heavy atom. The van der Waals surface area contributed by atoms with Crippen LogP contribution in [-0.4, -0.2) is 23.8 Å². The van der Waals surface area contributed by atoms with Gasteiger partial charge in [0.2, 0.25) is 0 Å². The zero-order valence-electron chi connectivity index (χ0n) is 6.41. The Balaban J connectivity index is 2.44. The number of methoxy groups -OCH3 is 1. The molecule has 0 unspecified atom stereocenters. The van der Waals surface area contributed by atoms with Crippen molar-refractivity contribution < 1.29 is 9.84 Å². The van der Waals surface area contributed by atoms with Crippen LogP contribution in [0, 0.1) is 0 Å².